The van der Waals surface area contributed by atoms with Gasteiger partial charge >= 0.3 is 0 Å². The van der Waals surface area contributed by atoms with Gasteiger partial charge < -0.3 is 9.47 Å². The Bertz CT molecular complexity index is 367. The van der Waals surface area contributed by atoms with Crippen LogP contribution in [-0.4, -0.2) is 18.5 Å². The quantitative estimate of drug-likeness (QED) is 0.622. The molecule has 0 amide bonds. The Hall–Kier alpha value is -0.860. The summed E-state index contributed by atoms with van der Waals surface area (Å²) < 4.78 is 11.7. The van der Waals surface area contributed by atoms with Crippen molar-refractivity contribution in [2.75, 3.05) is 0 Å². The molecule has 86 valence electrons. The van der Waals surface area contributed by atoms with E-state index in [1.165, 1.54) is 5.57 Å². The van der Waals surface area contributed by atoms with Gasteiger partial charge in [-0.25, -0.2) is 0 Å². The number of rotatable bonds is 0. The third kappa shape index (κ3) is 1.57. The summed E-state index contributed by atoms with van der Waals surface area (Å²) in [6.07, 6.45) is 12.5. The summed E-state index contributed by atoms with van der Waals surface area (Å²) in [6.45, 7) is 4.16. The van der Waals surface area contributed by atoms with Crippen molar-refractivity contribution in [3.05, 3.63) is 36.0 Å². The van der Waals surface area contributed by atoms with Gasteiger partial charge in [-0.1, -0.05) is 36.0 Å². The van der Waals surface area contributed by atoms with Crippen molar-refractivity contribution in [1.29, 1.82) is 0 Å². The van der Waals surface area contributed by atoms with E-state index in [0.29, 0.717) is 24.0 Å². The lowest BCUT2D eigenvalue weighted by molar-refractivity contribution is -0.253. The Kier molecular flexibility index (Phi) is 2.49. The molecule has 1 heterocycles. The van der Waals surface area contributed by atoms with Crippen LogP contribution in [-0.2, 0) is 9.47 Å². The van der Waals surface area contributed by atoms with Crippen LogP contribution in [0.4, 0.5) is 0 Å². The predicted molar refractivity (Wildman–Crippen MR) is 62.8 cm³/mol. The van der Waals surface area contributed by atoms with E-state index in [2.05, 4.69) is 37.3 Å². The van der Waals surface area contributed by atoms with Crippen LogP contribution in [0.5, 0.6) is 0 Å². The molecular weight excluding hydrogens is 200 g/mol. The van der Waals surface area contributed by atoms with Gasteiger partial charge in [0.05, 0.1) is 12.2 Å². The molecule has 1 saturated heterocycles. The maximum absolute atomic E-state index is 5.96. The lowest BCUT2D eigenvalue weighted by atomic mass is 9.94. The smallest absolute Gasteiger partial charge is 0.155 e. The summed E-state index contributed by atoms with van der Waals surface area (Å²) in [6, 6.07) is 0. The Balaban J connectivity index is 1.92. The first-order chi connectivity index (χ1) is 7.75. The van der Waals surface area contributed by atoms with Crippen LogP contribution in [0.15, 0.2) is 36.0 Å². The molecule has 0 aromatic rings. The third-order valence-corrected chi connectivity index (χ3v) is 3.88. The summed E-state index contributed by atoms with van der Waals surface area (Å²) in [5, 5.41) is 0. The van der Waals surface area contributed by atoms with Gasteiger partial charge in [-0.2, -0.15) is 0 Å². The van der Waals surface area contributed by atoms with E-state index in [1.807, 2.05) is 6.92 Å². The molecule has 0 radical (unpaired) electrons. The topological polar surface area (TPSA) is 18.5 Å². The normalized spacial score (nSPS) is 45.9. The van der Waals surface area contributed by atoms with Crippen LogP contribution in [0, 0.1) is 11.8 Å². The highest BCUT2D eigenvalue weighted by Crippen LogP contribution is 2.45. The van der Waals surface area contributed by atoms with Crippen LogP contribution in [0.1, 0.15) is 20.3 Å². The van der Waals surface area contributed by atoms with Gasteiger partial charge in [0, 0.05) is 11.8 Å². The zero-order valence-corrected chi connectivity index (χ0v) is 9.80. The van der Waals surface area contributed by atoms with Crippen molar-refractivity contribution in [1.82, 2.24) is 0 Å². The van der Waals surface area contributed by atoms with E-state index in [0.717, 1.165) is 6.42 Å². The lowest BCUT2D eigenvalue weighted by Gasteiger charge is -2.37. The molecule has 2 heteroatoms. The maximum Gasteiger partial charge on any atom is 0.155 e. The largest absolute Gasteiger partial charge is 0.350 e. The van der Waals surface area contributed by atoms with Gasteiger partial charge in [-0.3, -0.25) is 0 Å². The monoisotopic (exact) mass is 218 g/mol. The summed E-state index contributed by atoms with van der Waals surface area (Å²) in [5.41, 5.74) is 1.49. The second-order valence-corrected chi connectivity index (χ2v) is 4.91. The molecule has 1 aliphatic heterocycles. The summed E-state index contributed by atoms with van der Waals surface area (Å²) in [4.78, 5) is 0. The first-order valence-electron chi connectivity index (χ1n) is 6.10. The molecule has 5 atom stereocenters. The zero-order chi connectivity index (χ0) is 11.1. The van der Waals surface area contributed by atoms with Crippen LogP contribution >= 0.6 is 0 Å². The molecule has 0 aromatic carbocycles. The third-order valence-electron chi connectivity index (χ3n) is 3.88. The number of fused-ring (bicyclic) bond motifs is 3. The summed E-state index contributed by atoms with van der Waals surface area (Å²) in [7, 11) is 0. The van der Waals surface area contributed by atoms with Crippen molar-refractivity contribution < 1.29 is 9.47 Å². The predicted octanol–water partition coefficient (Wildman–Crippen LogP) is 2.82. The average Bonchev–Trinajstić information content (AvgIpc) is 2.46. The molecule has 2 fully saturated rings. The fourth-order valence-corrected chi connectivity index (χ4v) is 3.12. The standard InChI is InChI=1S/C14H18O2/c1-9-13-8-11-6-4-3-5-7-12(11)14(13)16-10(2)15-9/h3-7,9-10,12-14H,8H2,1-2H3. The fraction of sp³-hybridized carbons (Fsp3) is 0.571. The van der Waals surface area contributed by atoms with Crippen molar-refractivity contribution in [2.45, 2.75) is 38.8 Å². The van der Waals surface area contributed by atoms with E-state index < -0.39 is 0 Å². The Labute approximate surface area is 96.6 Å². The fourth-order valence-electron chi connectivity index (χ4n) is 3.12. The zero-order valence-electron chi connectivity index (χ0n) is 9.80. The maximum atomic E-state index is 5.96. The first kappa shape index (κ1) is 10.3. The minimum atomic E-state index is -0.0692. The highest BCUT2D eigenvalue weighted by Gasteiger charge is 2.46. The van der Waals surface area contributed by atoms with Crippen LogP contribution in [0.3, 0.4) is 0 Å². The molecule has 3 rings (SSSR count). The average molecular weight is 218 g/mol. The van der Waals surface area contributed by atoms with E-state index in [4.69, 9.17) is 9.47 Å². The van der Waals surface area contributed by atoms with Crippen molar-refractivity contribution >= 4 is 0 Å². The van der Waals surface area contributed by atoms with E-state index in [1.54, 1.807) is 0 Å². The number of hydrogen-bond donors (Lipinski definition) is 0. The lowest BCUT2D eigenvalue weighted by Crippen LogP contribution is -2.43. The first-order valence-corrected chi connectivity index (χ1v) is 6.10. The Morgan fingerprint density at radius 3 is 2.88 bits per heavy atom. The van der Waals surface area contributed by atoms with E-state index in [-0.39, 0.29) is 6.29 Å². The van der Waals surface area contributed by atoms with Crippen molar-refractivity contribution in [3.8, 4) is 0 Å². The number of hydrogen-bond acceptors (Lipinski definition) is 2. The van der Waals surface area contributed by atoms with E-state index in [9.17, 15) is 0 Å². The molecule has 5 unspecified atom stereocenters. The van der Waals surface area contributed by atoms with E-state index >= 15 is 0 Å². The SMILES string of the molecule is CC1OC(C)C2CC3=CC=CC=CC3C2O1. The highest BCUT2D eigenvalue weighted by atomic mass is 16.7. The van der Waals surface area contributed by atoms with Gasteiger partial charge in [-0.05, 0) is 20.3 Å². The molecular formula is C14H18O2. The van der Waals surface area contributed by atoms with Gasteiger partial charge in [-0.15, -0.1) is 0 Å². The number of ether oxygens (including phenoxy) is 2. The highest BCUT2D eigenvalue weighted by molar-refractivity contribution is 5.32. The summed E-state index contributed by atoms with van der Waals surface area (Å²) in [5.74, 6) is 0.970. The second kappa shape index (κ2) is 3.86. The van der Waals surface area contributed by atoms with Crippen LogP contribution in [0.2, 0.25) is 0 Å². The van der Waals surface area contributed by atoms with Crippen LogP contribution < -0.4 is 0 Å². The number of allylic oxidation sites excluding steroid dienone is 4. The molecule has 2 nitrogen and oxygen atoms in total. The van der Waals surface area contributed by atoms with Gasteiger partial charge in [0.15, 0.2) is 6.29 Å². The second-order valence-electron chi connectivity index (χ2n) is 4.91. The molecule has 3 aliphatic rings. The van der Waals surface area contributed by atoms with Crippen molar-refractivity contribution in [3.63, 3.8) is 0 Å². The Morgan fingerprint density at radius 2 is 2.00 bits per heavy atom. The minimum Gasteiger partial charge on any atom is -0.350 e. The molecule has 2 aliphatic carbocycles. The van der Waals surface area contributed by atoms with Gasteiger partial charge in [0.2, 0.25) is 0 Å². The molecule has 16 heavy (non-hydrogen) atoms. The molecule has 0 N–H and O–H groups in total. The molecule has 0 spiro atoms. The Morgan fingerprint density at radius 1 is 1.12 bits per heavy atom. The van der Waals surface area contributed by atoms with Crippen LogP contribution in [0.25, 0.3) is 0 Å². The van der Waals surface area contributed by atoms with Gasteiger partial charge in [0.25, 0.3) is 0 Å². The minimum absolute atomic E-state index is 0.0692. The molecule has 0 aromatic heterocycles. The molecule has 0 bridgehead atoms. The van der Waals surface area contributed by atoms with Gasteiger partial charge in [0.1, 0.15) is 0 Å². The molecule has 1 saturated carbocycles. The summed E-state index contributed by atoms with van der Waals surface area (Å²) >= 11 is 0. The van der Waals surface area contributed by atoms with Crippen molar-refractivity contribution in [2.24, 2.45) is 11.8 Å².